The third-order valence-corrected chi connectivity index (χ3v) is 6.60. The fourth-order valence-electron chi connectivity index (χ4n) is 4.45. The molecule has 1 heterocycles. The van der Waals surface area contributed by atoms with Crippen molar-refractivity contribution in [3.63, 3.8) is 0 Å². The molecule has 2 aromatic rings. The number of benzene rings is 2. The predicted octanol–water partition coefficient (Wildman–Crippen LogP) is 4.40. The lowest BCUT2D eigenvalue weighted by molar-refractivity contribution is -0.124. The van der Waals surface area contributed by atoms with Gasteiger partial charge in [-0.15, -0.1) is 0 Å². The second-order valence-electron chi connectivity index (χ2n) is 8.68. The van der Waals surface area contributed by atoms with Crippen molar-refractivity contribution in [1.82, 2.24) is 5.32 Å². The normalized spacial score (nSPS) is 24.0. The van der Waals surface area contributed by atoms with Crippen molar-refractivity contribution in [2.45, 2.75) is 39.2 Å². The molecule has 0 radical (unpaired) electrons. The highest BCUT2D eigenvalue weighted by atomic mass is 16.5. The average Bonchev–Trinajstić information content (AvgIpc) is 2.80. The number of rotatable bonds is 5. The van der Waals surface area contributed by atoms with Gasteiger partial charge < -0.3 is 14.8 Å². The molecule has 0 bridgehead atoms. The van der Waals surface area contributed by atoms with E-state index in [0.29, 0.717) is 23.3 Å². The number of para-hydroxylation sites is 2. The van der Waals surface area contributed by atoms with Crippen molar-refractivity contribution >= 4 is 23.6 Å². The monoisotopic (exact) mass is 434 g/mol. The van der Waals surface area contributed by atoms with Crippen molar-refractivity contribution < 1.29 is 19.1 Å². The number of nitrogens with zero attached hydrogens (tertiary/aromatic N) is 1. The third-order valence-electron chi connectivity index (χ3n) is 6.60. The number of hydrogen-bond donors (Lipinski definition) is 1. The molecule has 168 valence electrons. The fraction of sp³-hybridized carbons (Fsp3) is 0.385. The number of methoxy groups -OCH3 is 1. The van der Waals surface area contributed by atoms with E-state index in [9.17, 15) is 9.59 Å². The van der Waals surface area contributed by atoms with E-state index < -0.39 is 0 Å². The van der Waals surface area contributed by atoms with Crippen LogP contribution in [-0.4, -0.2) is 31.5 Å². The summed E-state index contributed by atoms with van der Waals surface area (Å²) in [6.07, 6.45) is 4.98. The van der Waals surface area contributed by atoms with Crippen LogP contribution in [-0.2, 0) is 9.59 Å². The summed E-state index contributed by atoms with van der Waals surface area (Å²) in [4.78, 5) is 27.7. The number of ether oxygens (including phenoxy) is 2. The van der Waals surface area contributed by atoms with Crippen LogP contribution in [0.1, 0.15) is 38.7 Å². The van der Waals surface area contributed by atoms with Gasteiger partial charge in [-0.1, -0.05) is 51.0 Å². The molecule has 0 unspecified atom stereocenters. The van der Waals surface area contributed by atoms with Gasteiger partial charge in [-0.3, -0.25) is 14.5 Å². The average molecular weight is 435 g/mol. The maximum Gasteiger partial charge on any atom is 0.294 e. The standard InChI is InChI=1S/C26H30N2O4/c1-17-7-6-8-21(18(17)2)27-25(29)16-28-22-9-4-5-10-23(22)32-24(26(28)30)15-19-11-13-20(31-3)14-12-19/h4-5,9-15,17-18,21H,6-8,16H2,1-3H3,(H,27,29)/b24-15-/t17-,18-,21-/m1/s1. The highest BCUT2D eigenvalue weighted by molar-refractivity contribution is 6.12. The van der Waals surface area contributed by atoms with E-state index in [-0.39, 0.29) is 30.2 Å². The Morgan fingerprint density at radius 2 is 1.91 bits per heavy atom. The molecule has 6 heteroatoms. The van der Waals surface area contributed by atoms with Crippen LogP contribution in [0.5, 0.6) is 11.5 Å². The van der Waals surface area contributed by atoms with Crippen LogP contribution >= 0.6 is 0 Å². The van der Waals surface area contributed by atoms with E-state index in [1.54, 1.807) is 25.3 Å². The van der Waals surface area contributed by atoms with Crippen LogP contribution in [0.15, 0.2) is 54.3 Å². The molecule has 0 saturated heterocycles. The molecule has 2 aromatic carbocycles. The van der Waals surface area contributed by atoms with Gasteiger partial charge in [0.15, 0.2) is 11.5 Å². The summed E-state index contributed by atoms with van der Waals surface area (Å²) in [5, 5.41) is 3.17. The van der Waals surface area contributed by atoms with Gasteiger partial charge in [0.25, 0.3) is 5.91 Å². The molecular formula is C26H30N2O4. The Kier molecular flexibility index (Phi) is 6.49. The van der Waals surface area contributed by atoms with Crippen molar-refractivity contribution in [2.75, 3.05) is 18.6 Å². The molecule has 1 saturated carbocycles. The molecule has 0 aromatic heterocycles. The van der Waals surface area contributed by atoms with Crippen LogP contribution in [0, 0.1) is 11.8 Å². The smallest absolute Gasteiger partial charge is 0.294 e. The Hall–Kier alpha value is -3.28. The van der Waals surface area contributed by atoms with Crippen molar-refractivity contribution in [3.8, 4) is 11.5 Å². The number of nitrogens with one attached hydrogen (secondary N) is 1. The summed E-state index contributed by atoms with van der Waals surface area (Å²) >= 11 is 0. The first-order valence-corrected chi connectivity index (χ1v) is 11.2. The number of amides is 2. The van der Waals surface area contributed by atoms with Gasteiger partial charge in [-0.05, 0) is 54.2 Å². The zero-order valence-electron chi connectivity index (χ0n) is 18.8. The number of hydrogen-bond acceptors (Lipinski definition) is 4. The summed E-state index contributed by atoms with van der Waals surface area (Å²) in [7, 11) is 1.61. The minimum atomic E-state index is -0.334. The highest BCUT2D eigenvalue weighted by Gasteiger charge is 2.33. The molecule has 0 spiro atoms. The SMILES string of the molecule is COc1ccc(/C=C2\Oc3ccccc3N(CC(=O)N[C@@H]3CCC[C@@H](C)[C@H]3C)C2=O)cc1. The second-order valence-corrected chi connectivity index (χ2v) is 8.68. The van der Waals surface area contributed by atoms with Crippen molar-refractivity contribution in [1.29, 1.82) is 0 Å². The summed E-state index contributed by atoms with van der Waals surface area (Å²) in [6.45, 7) is 4.39. The van der Waals surface area contributed by atoms with Gasteiger partial charge in [0, 0.05) is 6.04 Å². The van der Waals surface area contributed by atoms with Crippen LogP contribution in [0.2, 0.25) is 0 Å². The van der Waals surface area contributed by atoms with E-state index >= 15 is 0 Å². The van der Waals surface area contributed by atoms with Crippen LogP contribution in [0.3, 0.4) is 0 Å². The van der Waals surface area contributed by atoms with Gasteiger partial charge in [0.1, 0.15) is 12.3 Å². The molecule has 4 rings (SSSR count). The molecule has 2 aliphatic rings. The first kappa shape index (κ1) is 21.9. The molecule has 2 amide bonds. The zero-order valence-corrected chi connectivity index (χ0v) is 18.8. The van der Waals surface area contributed by atoms with E-state index in [0.717, 1.165) is 24.2 Å². The van der Waals surface area contributed by atoms with Crippen LogP contribution in [0.25, 0.3) is 6.08 Å². The topological polar surface area (TPSA) is 67.9 Å². The lowest BCUT2D eigenvalue weighted by Gasteiger charge is -2.35. The van der Waals surface area contributed by atoms with Crippen molar-refractivity contribution in [3.05, 3.63) is 59.9 Å². The van der Waals surface area contributed by atoms with Crippen LogP contribution in [0.4, 0.5) is 5.69 Å². The highest BCUT2D eigenvalue weighted by Crippen LogP contribution is 2.36. The number of fused-ring (bicyclic) bond motifs is 1. The van der Waals surface area contributed by atoms with Gasteiger partial charge >= 0.3 is 0 Å². The lowest BCUT2D eigenvalue weighted by Crippen LogP contribution is -2.49. The molecule has 1 aliphatic carbocycles. The Balaban J connectivity index is 1.55. The molecule has 1 N–H and O–H groups in total. The van der Waals surface area contributed by atoms with Gasteiger partial charge in [-0.2, -0.15) is 0 Å². The summed E-state index contributed by atoms with van der Waals surface area (Å²) in [5.41, 5.74) is 1.41. The quantitative estimate of drug-likeness (QED) is 0.708. The van der Waals surface area contributed by atoms with Gasteiger partial charge in [-0.25, -0.2) is 0 Å². The molecule has 3 atom stereocenters. The Labute approximate surface area is 189 Å². The number of carbonyl (C=O) groups excluding carboxylic acids is 2. The Morgan fingerprint density at radius 1 is 1.16 bits per heavy atom. The first-order valence-electron chi connectivity index (χ1n) is 11.2. The minimum absolute atomic E-state index is 0.0449. The number of carbonyl (C=O) groups is 2. The largest absolute Gasteiger partial charge is 0.497 e. The summed E-state index contributed by atoms with van der Waals surface area (Å²) in [6, 6.07) is 14.8. The zero-order chi connectivity index (χ0) is 22.7. The van der Waals surface area contributed by atoms with E-state index in [1.807, 2.05) is 36.4 Å². The Bertz CT molecular complexity index is 1010. The lowest BCUT2D eigenvalue weighted by atomic mass is 9.78. The molecule has 1 fully saturated rings. The van der Waals surface area contributed by atoms with Gasteiger partial charge in [0.2, 0.25) is 5.91 Å². The molecule has 1 aliphatic heterocycles. The first-order chi connectivity index (χ1) is 15.5. The number of anilines is 1. The third kappa shape index (κ3) is 4.64. The van der Waals surface area contributed by atoms with Crippen LogP contribution < -0.4 is 19.7 Å². The van der Waals surface area contributed by atoms with Gasteiger partial charge in [0.05, 0.1) is 12.8 Å². The van der Waals surface area contributed by atoms with E-state index in [4.69, 9.17) is 9.47 Å². The minimum Gasteiger partial charge on any atom is -0.497 e. The van der Waals surface area contributed by atoms with E-state index in [1.165, 1.54) is 11.3 Å². The maximum absolute atomic E-state index is 13.3. The molecule has 6 nitrogen and oxygen atoms in total. The molecular weight excluding hydrogens is 404 g/mol. The maximum atomic E-state index is 13.3. The second kappa shape index (κ2) is 9.47. The van der Waals surface area contributed by atoms with Crippen molar-refractivity contribution in [2.24, 2.45) is 11.8 Å². The summed E-state index contributed by atoms with van der Waals surface area (Å²) in [5.74, 6) is 1.99. The molecule has 32 heavy (non-hydrogen) atoms. The van der Waals surface area contributed by atoms with E-state index in [2.05, 4.69) is 19.2 Å². The Morgan fingerprint density at radius 3 is 2.66 bits per heavy atom. The fourth-order valence-corrected chi connectivity index (χ4v) is 4.45. The predicted molar refractivity (Wildman–Crippen MR) is 125 cm³/mol. The summed E-state index contributed by atoms with van der Waals surface area (Å²) < 4.78 is 11.1.